The summed E-state index contributed by atoms with van der Waals surface area (Å²) < 4.78 is 3.74. The van der Waals surface area contributed by atoms with Crippen molar-refractivity contribution in [1.29, 1.82) is 0 Å². The fourth-order valence-electron chi connectivity index (χ4n) is 4.82. The molecule has 0 saturated carbocycles. The molecule has 10 heteroatoms. The third-order valence-electron chi connectivity index (χ3n) is 6.60. The molecule has 2 aliphatic rings. The summed E-state index contributed by atoms with van der Waals surface area (Å²) in [6.07, 6.45) is 10.1. The van der Waals surface area contributed by atoms with Gasteiger partial charge in [0.1, 0.15) is 5.82 Å². The predicted molar refractivity (Wildman–Crippen MR) is 122 cm³/mol. The van der Waals surface area contributed by atoms with E-state index in [1.165, 1.54) is 0 Å². The Bertz CT molecular complexity index is 1040. The van der Waals surface area contributed by atoms with Crippen LogP contribution >= 0.6 is 0 Å². The number of hydrogen-bond acceptors (Lipinski definition) is 7. The van der Waals surface area contributed by atoms with Crippen molar-refractivity contribution < 1.29 is 5.02 Å². The summed E-state index contributed by atoms with van der Waals surface area (Å²) in [5.41, 5.74) is 3.94. The number of anilines is 1. The maximum Gasteiger partial charge on any atom is 0.376 e. The molecule has 0 bridgehead atoms. The maximum atomic E-state index is 10.1. The molecule has 9 nitrogen and oxygen atoms in total. The fraction of sp³-hybridized carbons (Fsp3) is 0.571. The molecule has 0 spiro atoms. The highest BCUT2D eigenvalue weighted by molar-refractivity contribution is 6.45. The van der Waals surface area contributed by atoms with Crippen LogP contribution in [0.25, 0.3) is 16.8 Å². The lowest BCUT2D eigenvalue weighted by molar-refractivity contribution is 0.283. The van der Waals surface area contributed by atoms with E-state index in [2.05, 4.69) is 31.7 Å². The van der Waals surface area contributed by atoms with Crippen LogP contribution in [0.1, 0.15) is 37.3 Å². The van der Waals surface area contributed by atoms with Crippen molar-refractivity contribution in [3.05, 3.63) is 30.4 Å². The zero-order valence-corrected chi connectivity index (χ0v) is 18.3. The van der Waals surface area contributed by atoms with E-state index in [1.807, 2.05) is 37.0 Å². The maximum absolute atomic E-state index is 10.1. The average molecular weight is 422 g/mol. The lowest BCUT2D eigenvalue weighted by Gasteiger charge is -2.33. The number of aryl methyl sites for hydroxylation is 1. The van der Waals surface area contributed by atoms with Gasteiger partial charge in [0.25, 0.3) is 0 Å². The first-order valence-electron chi connectivity index (χ1n) is 11.4. The minimum atomic E-state index is -0.431. The first kappa shape index (κ1) is 20.5. The van der Waals surface area contributed by atoms with Crippen LogP contribution in [0.3, 0.4) is 0 Å². The summed E-state index contributed by atoms with van der Waals surface area (Å²) in [5, 5.41) is 26.3. The van der Waals surface area contributed by atoms with E-state index in [9.17, 15) is 5.02 Å². The van der Waals surface area contributed by atoms with E-state index in [0.717, 1.165) is 80.1 Å². The van der Waals surface area contributed by atoms with Crippen molar-refractivity contribution in [1.82, 2.24) is 34.5 Å². The number of fused-ring (bicyclic) bond motifs is 1. The van der Waals surface area contributed by atoms with Crippen LogP contribution in [0, 0.1) is 0 Å². The van der Waals surface area contributed by atoms with E-state index >= 15 is 0 Å². The molecule has 0 radical (unpaired) electrons. The Hall–Kier alpha value is -2.43. The molecule has 2 aliphatic heterocycles. The number of aromatic nitrogens is 5. The second-order valence-electron chi connectivity index (χ2n) is 8.90. The SMILES string of the molecule is CB(O)N1CCCC(c2cc(NC3CCNCC3)n3ncc(-c4cnn(C)c4)c3n2)C1. The molecule has 0 aromatic carbocycles. The third kappa shape index (κ3) is 4.19. The van der Waals surface area contributed by atoms with Gasteiger partial charge in [-0.05, 0) is 58.7 Å². The van der Waals surface area contributed by atoms with Gasteiger partial charge in [-0.15, -0.1) is 0 Å². The molecule has 2 fully saturated rings. The van der Waals surface area contributed by atoms with Crippen LogP contribution in [0.2, 0.25) is 6.82 Å². The van der Waals surface area contributed by atoms with Crippen LogP contribution in [0.15, 0.2) is 24.7 Å². The van der Waals surface area contributed by atoms with Gasteiger partial charge in [0.05, 0.1) is 18.1 Å². The summed E-state index contributed by atoms with van der Waals surface area (Å²) >= 11 is 0. The number of hydrogen-bond donors (Lipinski definition) is 3. The molecule has 5 rings (SSSR count). The summed E-state index contributed by atoms with van der Waals surface area (Å²) in [5.74, 6) is 1.29. The molecule has 2 saturated heterocycles. The van der Waals surface area contributed by atoms with Gasteiger partial charge in [-0.25, -0.2) is 4.98 Å². The highest BCUT2D eigenvalue weighted by Gasteiger charge is 2.28. The normalized spacial score (nSPS) is 20.9. The minimum Gasteiger partial charge on any atom is -0.437 e. The minimum absolute atomic E-state index is 0.290. The molecule has 0 aliphatic carbocycles. The van der Waals surface area contributed by atoms with Crippen molar-refractivity contribution in [3.63, 3.8) is 0 Å². The summed E-state index contributed by atoms with van der Waals surface area (Å²) in [6.45, 7) is 5.67. The highest BCUT2D eigenvalue weighted by Crippen LogP contribution is 2.31. The van der Waals surface area contributed by atoms with Gasteiger partial charge in [-0.2, -0.15) is 14.7 Å². The van der Waals surface area contributed by atoms with Crippen LogP contribution in [-0.2, 0) is 7.05 Å². The number of piperidine rings is 2. The molecule has 1 unspecified atom stereocenters. The van der Waals surface area contributed by atoms with E-state index < -0.39 is 7.05 Å². The summed E-state index contributed by atoms with van der Waals surface area (Å²) in [7, 11) is 1.49. The summed E-state index contributed by atoms with van der Waals surface area (Å²) in [4.78, 5) is 7.23. The number of rotatable bonds is 5. The Labute approximate surface area is 183 Å². The molecule has 164 valence electrons. The van der Waals surface area contributed by atoms with Gasteiger partial charge in [0.2, 0.25) is 0 Å². The van der Waals surface area contributed by atoms with Crippen molar-refractivity contribution in [3.8, 4) is 11.1 Å². The molecule has 3 aromatic heterocycles. The first-order valence-corrected chi connectivity index (χ1v) is 11.4. The second kappa shape index (κ2) is 8.60. The molecule has 1 atom stereocenters. The van der Waals surface area contributed by atoms with E-state index in [1.54, 1.807) is 4.68 Å². The van der Waals surface area contributed by atoms with Crippen molar-refractivity contribution >= 4 is 18.5 Å². The Morgan fingerprint density at radius 1 is 1.19 bits per heavy atom. The second-order valence-corrected chi connectivity index (χ2v) is 8.90. The standard InChI is InChI=1S/C21H31BN8O/c1-22(31)29-9-3-4-15(14-29)19-10-20(26-17-5-7-23-8-6-17)30-21(27-19)18(12-25-30)16-11-24-28(2)13-16/h10-13,15,17,23,26,31H,3-9,14H2,1-2H3. The monoisotopic (exact) mass is 422 g/mol. The summed E-state index contributed by atoms with van der Waals surface area (Å²) in [6, 6.07) is 2.59. The van der Waals surface area contributed by atoms with Crippen molar-refractivity contribution in [2.24, 2.45) is 7.05 Å². The van der Waals surface area contributed by atoms with Gasteiger partial charge in [0.15, 0.2) is 5.65 Å². The fourth-order valence-corrected chi connectivity index (χ4v) is 4.82. The van der Waals surface area contributed by atoms with E-state index in [-0.39, 0.29) is 0 Å². The Morgan fingerprint density at radius 2 is 2.03 bits per heavy atom. The van der Waals surface area contributed by atoms with Crippen LogP contribution in [0.4, 0.5) is 5.82 Å². The lowest BCUT2D eigenvalue weighted by Crippen LogP contribution is -2.43. The molecule has 31 heavy (non-hydrogen) atoms. The van der Waals surface area contributed by atoms with Crippen LogP contribution in [0.5, 0.6) is 0 Å². The quantitative estimate of drug-likeness (QED) is 0.538. The third-order valence-corrected chi connectivity index (χ3v) is 6.60. The zero-order valence-electron chi connectivity index (χ0n) is 18.3. The number of nitrogens with one attached hydrogen (secondary N) is 2. The topological polar surface area (TPSA) is 95.5 Å². The molecule has 3 N–H and O–H groups in total. The Kier molecular flexibility index (Phi) is 5.68. The average Bonchev–Trinajstić information content (AvgIpc) is 3.40. The van der Waals surface area contributed by atoms with Gasteiger partial charge in [-0.1, -0.05) is 0 Å². The Morgan fingerprint density at radius 3 is 2.77 bits per heavy atom. The van der Waals surface area contributed by atoms with Gasteiger partial charge in [-0.3, -0.25) is 4.68 Å². The van der Waals surface area contributed by atoms with Crippen molar-refractivity contribution in [2.45, 2.75) is 44.5 Å². The molecule has 0 amide bonds. The molecule has 3 aromatic rings. The zero-order chi connectivity index (χ0) is 21.4. The highest BCUT2D eigenvalue weighted by atomic mass is 16.2. The smallest absolute Gasteiger partial charge is 0.376 e. The van der Waals surface area contributed by atoms with Crippen molar-refractivity contribution in [2.75, 3.05) is 31.5 Å². The van der Waals surface area contributed by atoms with Gasteiger partial charge >= 0.3 is 7.05 Å². The largest absolute Gasteiger partial charge is 0.437 e. The Balaban J connectivity index is 1.56. The van der Waals surface area contributed by atoms with Crippen LogP contribution < -0.4 is 10.6 Å². The molecular formula is C21H31BN8O. The first-order chi connectivity index (χ1) is 15.1. The number of nitrogens with zero attached hydrogens (tertiary/aromatic N) is 6. The van der Waals surface area contributed by atoms with E-state index in [0.29, 0.717) is 12.0 Å². The predicted octanol–water partition coefficient (Wildman–Crippen LogP) is 1.58. The van der Waals surface area contributed by atoms with E-state index in [4.69, 9.17) is 4.98 Å². The van der Waals surface area contributed by atoms with Crippen LogP contribution in [-0.4, -0.2) is 73.5 Å². The molecular weight excluding hydrogens is 391 g/mol. The molecule has 5 heterocycles. The van der Waals surface area contributed by atoms with Gasteiger partial charge < -0.3 is 20.5 Å². The lowest BCUT2D eigenvalue weighted by atomic mass is 9.80. The van der Waals surface area contributed by atoms with Gasteiger partial charge in [0, 0.05) is 42.4 Å².